The van der Waals surface area contributed by atoms with Crippen molar-refractivity contribution in [2.75, 3.05) is 0 Å². The molecule has 1 aromatic rings. The van der Waals surface area contributed by atoms with Gasteiger partial charge in [-0.15, -0.1) is 0 Å². The van der Waals surface area contributed by atoms with Gasteiger partial charge in [-0.1, -0.05) is 0 Å². The van der Waals surface area contributed by atoms with E-state index in [1.807, 2.05) is 0 Å². The van der Waals surface area contributed by atoms with E-state index in [4.69, 9.17) is 9.52 Å². The molecule has 0 bridgehead atoms. The number of aliphatic carboxylic acids is 1. The summed E-state index contributed by atoms with van der Waals surface area (Å²) in [4.78, 5) is 22.2. The van der Waals surface area contributed by atoms with Gasteiger partial charge in [0.05, 0.1) is 6.42 Å². The lowest BCUT2D eigenvalue weighted by molar-refractivity contribution is -0.138. The molecule has 88 valence electrons. The van der Waals surface area contributed by atoms with E-state index in [1.54, 1.807) is 19.9 Å². The quantitative estimate of drug-likeness (QED) is 0.889. The van der Waals surface area contributed by atoms with Gasteiger partial charge < -0.3 is 14.8 Å². The van der Waals surface area contributed by atoms with Crippen LogP contribution in [0, 0.1) is 0 Å². The lowest BCUT2D eigenvalue weighted by Crippen LogP contribution is -2.44. The number of furan rings is 1. The van der Waals surface area contributed by atoms with Crippen molar-refractivity contribution in [3.05, 3.63) is 22.6 Å². The van der Waals surface area contributed by atoms with Crippen LogP contribution in [0.5, 0.6) is 0 Å². The fourth-order valence-electron chi connectivity index (χ4n) is 1.23. The summed E-state index contributed by atoms with van der Waals surface area (Å²) in [6.07, 6.45) is -0.152. The van der Waals surface area contributed by atoms with E-state index in [0.717, 1.165) is 0 Å². The Morgan fingerprint density at radius 2 is 2.12 bits per heavy atom. The van der Waals surface area contributed by atoms with Crippen molar-refractivity contribution in [2.45, 2.75) is 25.8 Å². The molecule has 1 heterocycles. The number of rotatable bonds is 4. The molecule has 1 amide bonds. The van der Waals surface area contributed by atoms with E-state index in [0.29, 0.717) is 4.67 Å². The monoisotopic (exact) mass is 289 g/mol. The highest BCUT2D eigenvalue weighted by Gasteiger charge is 2.25. The van der Waals surface area contributed by atoms with Crippen LogP contribution in [-0.2, 0) is 4.79 Å². The van der Waals surface area contributed by atoms with E-state index < -0.39 is 17.4 Å². The first kappa shape index (κ1) is 12.8. The molecule has 0 saturated heterocycles. The molecule has 2 N–H and O–H groups in total. The van der Waals surface area contributed by atoms with E-state index in [2.05, 4.69) is 21.2 Å². The van der Waals surface area contributed by atoms with Gasteiger partial charge in [-0.25, -0.2) is 0 Å². The van der Waals surface area contributed by atoms with Crippen molar-refractivity contribution >= 4 is 27.8 Å². The third-order valence-corrected chi connectivity index (χ3v) is 2.27. The molecule has 16 heavy (non-hydrogen) atoms. The van der Waals surface area contributed by atoms with Gasteiger partial charge in [0.2, 0.25) is 0 Å². The Bertz CT molecular complexity index is 411. The summed E-state index contributed by atoms with van der Waals surface area (Å²) in [6, 6.07) is 3.11. The second-order valence-corrected chi connectivity index (χ2v) is 4.79. The second-order valence-electron chi connectivity index (χ2n) is 4.01. The zero-order valence-electron chi connectivity index (χ0n) is 8.91. The average Bonchev–Trinajstić information content (AvgIpc) is 2.47. The fourth-order valence-corrected chi connectivity index (χ4v) is 1.53. The maximum absolute atomic E-state index is 11.6. The van der Waals surface area contributed by atoms with Crippen LogP contribution in [0.3, 0.4) is 0 Å². The fraction of sp³-hybridized carbons (Fsp3) is 0.400. The van der Waals surface area contributed by atoms with E-state index >= 15 is 0 Å². The van der Waals surface area contributed by atoms with Crippen molar-refractivity contribution < 1.29 is 19.1 Å². The van der Waals surface area contributed by atoms with Crippen LogP contribution in [0.15, 0.2) is 21.2 Å². The first-order chi connectivity index (χ1) is 7.30. The van der Waals surface area contributed by atoms with Gasteiger partial charge in [-0.2, -0.15) is 0 Å². The highest BCUT2D eigenvalue weighted by atomic mass is 79.9. The molecule has 1 rings (SSSR count). The predicted octanol–water partition coefficient (Wildman–Crippen LogP) is 2.03. The van der Waals surface area contributed by atoms with Gasteiger partial charge in [-0.3, -0.25) is 9.59 Å². The van der Waals surface area contributed by atoms with Gasteiger partial charge in [0.1, 0.15) is 0 Å². The predicted molar refractivity (Wildman–Crippen MR) is 60.2 cm³/mol. The third-order valence-electron chi connectivity index (χ3n) is 1.84. The van der Waals surface area contributed by atoms with Crippen molar-refractivity contribution in [3.8, 4) is 0 Å². The molecule has 0 radical (unpaired) electrons. The number of carboxylic acid groups (broad SMARTS) is 1. The molecule has 5 nitrogen and oxygen atoms in total. The number of nitrogens with one attached hydrogen (secondary N) is 1. The number of halogens is 1. The molecular weight excluding hydrogens is 278 g/mol. The molecule has 0 aliphatic heterocycles. The number of carbonyl (C=O) groups excluding carboxylic acids is 1. The summed E-state index contributed by atoms with van der Waals surface area (Å²) in [5.41, 5.74) is -0.817. The molecule has 0 saturated carbocycles. The van der Waals surface area contributed by atoms with Gasteiger partial charge in [-0.05, 0) is 41.9 Å². The van der Waals surface area contributed by atoms with Gasteiger partial charge >= 0.3 is 5.97 Å². The van der Waals surface area contributed by atoms with Gasteiger partial charge in [0, 0.05) is 5.54 Å². The Balaban J connectivity index is 2.67. The number of amides is 1. The maximum atomic E-state index is 11.6. The lowest BCUT2D eigenvalue weighted by atomic mass is 10.0. The van der Waals surface area contributed by atoms with Crippen LogP contribution in [0.4, 0.5) is 0 Å². The lowest BCUT2D eigenvalue weighted by Gasteiger charge is -2.23. The number of carboxylic acids is 1. The Kier molecular flexibility index (Phi) is 3.74. The summed E-state index contributed by atoms with van der Waals surface area (Å²) in [5, 5.41) is 11.2. The van der Waals surface area contributed by atoms with E-state index in [1.165, 1.54) is 6.07 Å². The second kappa shape index (κ2) is 4.69. The minimum Gasteiger partial charge on any atom is -0.481 e. The zero-order chi connectivity index (χ0) is 12.3. The number of carbonyl (C=O) groups is 2. The molecule has 0 fully saturated rings. The Morgan fingerprint density at radius 3 is 2.56 bits per heavy atom. The molecule has 1 aromatic heterocycles. The molecule has 0 spiro atoms. The molecule has 0 atom stereocenters. The van der Waals surface area contributed by atoms with Crippen molar-refractivity contribution in [3.63, 3.8) is 0 Å². The van der Waals surface area contributed by atoms with Crippen LogP contribution < -0.4 is 5.32 Å². The summed E-state index contributed by atoms with van der Waals surface area (Å²) in [5.74, 6) is -1.26. The van der Waals surface area contributed by atoms with E-state index in [-0.39, 0.29) is 12.2 Å². The molecular formula is C10H12BrNO4. The van der Waals surface area contributed by atoms with Gasteiger partial charge in [0.15, 0.2) is 10.4 Å². The highest BCUT2D eigenvalue weighted by molar-refractivity contribution is 9.10. The first-order valence-corrected chi connectivity index (χ1v) is 5.39. The molecule has 6 heteroatoms. The molecule has 0 aliphatic rings. The van der Waals surface area contributed by atoms with Crippen molar-refractivity contribution in [1.29, 1.82) is 0 Å². The highest BCUT2D eigenvalue weighted by Crippen LogP contribution is 2.15. The standard InChI is InChI=1S/C10H12BrNO4/c1-10(2,5-8(13)14)12-9(15)6-3-4-7(11)16-6/h3-4H,5H2,1-2H3,(H,12,15)(H,13,14). The smallest absolute Gasteiger partial charge is 0.305 e. The largest absolute Gasteiger partial charge is 0.481 e. The summed E-state index contributed by atoms with van der Waals surface area (Å²) in [7, 11) is 0. The maximum Gasteiger partial charge on any atom is 0.305 e. The summed E-state index contributed by atoms with van der Waals surface area (Å²) < 4.78 is 5.51. The van der Waals surface area contributed by atoms with Crippen LogP contribution in [0.25, 0.3) is 0 Å². The SMILES string of the molecule is CC(C)(CC(=O)O)NC(=O)c1ccc(Br)o1. The number of hydrogen-bond acceptors (Lipinski definition) is 3. The molecule has 0 aromatic carbocycles. The summed E-state index contributed by atoms with van der Waals surface area (Å²) >= 11 is 3.08. The minimum atomic E-state index is -0.967. The van der Waals surface area contributed by atoms with Crippen LogP contribution >= 0.6 is 15.9 Å². The Labute approximate surface area is 101 Å². The Morgan fingerprint density at radius 1 is 1.50 bits per heavy atom. The minimum absolute atomic E-state index is 0.144. The molecule has 0 unspecified atom stereocenters. The van der Waals surface area contributed by atoms with Crippen LogP contribution in [0.1, 0.15) is 30.8 Å². The topological polar surface area (TPSA) is 79.5 Å². The van der Waals surface area contributed by atoms with Gasteiger partial charge in [0.25, 0.3) is 5.91 Å². The van der Waals surface area contributed by atoms with Crippen molar-refractivity contribution in [1.82, 2.24) is 5.32 Å². The summed E-state index contributed by atoms with van der Waals surface area (Å²) in [6.45, 7) is 3.27. The van der Waals surface area contributed by atoms with Crippen LogP contribution in [0.2, 0.25) is 0 Å². The van der Waals surface area contributed by atoms with Crippen molar-refractivity contribution in [2.24, 2.45) is 0 Å². The average molecular weight is 290 g/mol. The number of hydrogen-bond donors (Lipinski definition) is 2. The first-order valence-electron chi connectivity index (χ1n) is 4.60. The van der Waals surface area contributed by atoms with Crippen LogP contribution in [-0.4, -0.2) is 22.5 Å². The molecule has 0 aliphatic carbocycles. The van der Waals surface area contributed by atoms with E-state index in [9.17, 15) is 9.59 Å². The normalized spacial score (nSPS) is 11.2. The third kappa shape index (κ3) is 3.69. The zero-order valence-corrected chi connectivity index (χ0v) is 10.5. The Hall–Kier alpha value is -1.30.